The van der Waals surface area contributed by atoms with Crippen molar-refractivity contribution in [2.45, 2.75) is 53.0 Å². The van der Waals surface area contributed by atoms with Gasteiger partial charge in [-0.15, -0.1) is 0 Å². The summed E-state index contributed by atoms with van der Waals surface area (Å²) in [5.41, 5.74) is 4.25. The number of hydrogen-bond donors (Lipinski definition) is 1. The zero-order valence-electron chi connectivity index (χ0n) is 12.7. The van der Waals surface area contributed by atoms with Gasteiger partial charge in [-0.2, -0.15) is 0 Å². The van der Waals surface area contributed by atoms with Crippen molar-refractivity contribution >= 4 is 16.9 Å². The van der Waals surface area contributed by atoms with Crippen LogP contribution in [0.2, 0.25) is 0 Å². The Labute approximate surface area is 120 Å². The Morgan fingerprint density at radius 2 is 2.00 bits per heavy atom. The molecule has 0 aliphatic heterocycles. The summed E-state index contributed by atoms with van der Waals surface area (Å²) in [6, 6.07) is 4.37. The molecule has 0 fully saturated rings. The van der Waals surface area contributed by atoms with Gasteiger partial charge in [-0.05, 0) is 50.5 Å². The molecule has 1 atom stereocenters. The lowest BCUT2D eigenvalue weighted by atomic mass is 10.0. The van der Waals surface area contributed by atoms with Crippen LogP contribution in [0.25, 0.3) is 11.0 Å². The maximum Gasteiger partial charge on any atom is 0.224 e. The molecule has 3 heteroatoms. The largest absolute Gasteiger partial charge is 0.464 e. The molecule has 108 valence electrons. The molecule has 0 aliphatic rings. The maximum atomic E-state index is 12.0. The molecule has 3 nitrogen and oxygen atoms in total. The Balaban J connectivity index is 2.14. The van der Waals surface area contributed by atoms with E-state index in [2.05, 4.69) is 32.2 Å². The fraction of sp³-hybridized carbons (Fsp3) is 0.471. The Morgan fingerprint density at radius 3 is 2.70 bits per heavy atom. The van der Waals surface area contributed by atoms with E-state index in [9.17, 15) is 4.79 Å². The second-order valence-corrected chi connectivity index (χ2v) is 5.63. The third kappa shape index (κ3) is 3.21. The number of fused-ring (bicyclic) bond motifs is 1. The first-order chi connectivity index (χ1) is 9.51. The normalized spacial score (nSPS) is 12.6. The van der Waals surface area contributed by atoms with Crippen LogP contribution in [-0.4, -0.2) is 11.9 Å². The molecule has 0 saturated heterocycles. The van der Waals surface area contributed by atoms with Crippen molar-refractivity contribution in [1.29, 1.82) is 0 Å². The summed E-state index contributed by atoms with van der Waals surface area (Å²) in [6.07, 6.45) is 4.17. The number of carbonyl (C=O) groups excluding carboxylic acids is 1. The lowest BCUT2D eigenvalue weighted by molar-refractivity contribution is -0.121. The average Bonchev–Trinajstić information content (AvgIpc) is 2.72. The molecule has 1 heterocycles. The number of benzene rings is 1. The number of nitrogens with one attached hydrogen (secondary N) is 1. The number of amides is 1. The van der Waals surface area contributed by atoms with E-state index in [4.69, 9.17) is 4.42 Å². The molecule has 2 rings (SSSR count). The second kappa shape index (κ2) is 6.12. The first kappa shape index (κ1) is 14.6. The molecular formula is C17H23NO2. The summed E-state index contributed by atoms with van der Waals surface area (Å²) < 4.78 is 5.56. The third-order valence-electron chi connectivity index (χ3n) is 3.75. The minimum absolute atomic E-state index is 0.0619. The second-order valence-electron chi connectivity index (χ2n) is 5.63. The fourth-order valence-electron chi connectivity index (χ4n) is 2.48. The first-order valence-electron chi connectivity index (χ1n) is 7.28. The molecule has 0 saturated carbocycles. The van der Waals surface area contributed by atoms with Crippen molar-refractivity contribution in [3.8, 4) is 0 Å². The van der Waals surface area contributed by atoms with Crippen molar-refractivity contribution in [1.82, 2.24) is 5.32 Å². The van der Waals surface area contributed by atoms with Crippen LogP contribution >= 0.6 is 0 Å². The SMILES string of the molecule is CCC[C@H](C)NC(=O)Cc1coc2cc(C)c(C)cc12. The van der Waals surface area contributed by atoms with Gasteiger partial charge >= 0.3 is 0 Å². The van der Waals surface area contributed by atoms with Crippen LogP contribution in [0.1, 0.15) is 43.4 Å². The summed E-state index contributed by atoms with van der Waals surface area (Å²) in [6.45, 7) is 8.31. The molecule has 0 aliphatic carbocycles. The van der Waals surface area contributed by atoms with Crippen LogP contribution in [-0.2, 0) is 11.2 Å². The molecule has 1 aromatic heterocycles. The third-order valence-corrected chi connectivity index (χ3v) is 3.75. The minimum Gasteiger partial charge on any atom is -0.464 e. The zero-order valence-corrected chi connectivity index (χ0v) is 12.7. The molecule has 2 aromatic rings. The van der Waals surface area contributed by atoms with E-state index in [1.807, 2.05) is 13.0 Å². The van der Waals surface area contributed by atoms with E-state index in [-0.39, 0.29) is 11.9 Å². The molecule has 0 radical (unpaired) electrons. The first-order valence-corrected chi connectivity index (χ1v) is 7.28. The van der Waals surface area contributed by atoms with E-state index in [0.29, 0.717) is 6.42 Å². The highest BCUT2D eigenvalue weighted by molar-refractivity contribution is 5.88. The van der Waals surface area contributed by atoms with E-state index in [0.717, 1.165) is 29.4 Å². The highest BCUT2D eigenvalue weighted by Crippen LogP contribution is 2.25. The van der Waals surface area contributed by atoms with Crippen LogP contribution in [0.3, 0.4) is 0 Å². The van der Waals surface area contributed by atoms with Gasteiger partial charge in [0.25, 0.3) is 0 Å². The van der Waals surface area contributed by atoms with Crippen LogP contribution < -0.4 is 5.32 Å². The number of hydrogen-bond acceptors (Lipinski definition) is 2. The van der Waals surface area contributed by atoms with Gasteiger partial charge in [-0.25, -0.2) is 0 Å². The van der Waals surface area contributed by atoms with Crippen molar-refractivity contribution < 1.29 is 9.21 Å². The summed E-state index contributed by atoms with van der Waals surface area (Å²) in [5, 5.41) is 4.08. The average molecular weight is 273 g/mol. The highest BCUT2D eigenvalue weighted by atomic mass is 16.3. The van der Waals surface area contributed by atoms with Crippen LogP contribution in [0.4, 0.5) is 0 Å². The van der Waals surface area contributed by atoms with E-state index in [1.54, 1.807) is 6.26 Å². The van der Waals surface area contributed by atoms with E-state index >= 15 is 0 Å². The van der Waals surface area contributed by atoms with Gasteiger partial charge < -0.3 is 9.73 Å². The lowest BCUT2D eigenvalue weighted by Crippen LogP contribution is -2.33. The smallest absolute Gasteiger partial charge is 0.224 e. The number of aryl methyl sites for hydroxylation is 2. The van der Waals surface area contributed by atoms with Gasteiger partial charge in [-0.1, -0.05) is 13.3 Å². The fourth-order valence-corrected chi connectivity index (χ4v) is 2.48. The Bertz CT molecular complexity index is 613. The van der Waals surface area contributed by atoms with Crippen molar-refractivity contribution in [2.24, 2.45) is 0 Å². The summed E-state index contributed by atoms with van der Waals surface area (Å²) >= 11 is 0. The molecule has 1 aromatic carbocycles. The van der Waals surface area contributed by atoms with Crippen molar-refractivity contribution in [3.63, 3.8) is 0 Å². The quantitative estimate of drug-likeness (QED) is 0.897. The molecule has 0 unspecified atom stereocenters. The Kier molecular flexibility index (Phi) is 4.48. The number of rotatable bonds is 5. The molecule has 0 bridgehead atoms. The zero-order chi connectivity index (χ0) is 14.7. The van der Waals surface area contributed by atoms with Gasteiger partial charge in [-0.3, -0.25) is 4.79 Å². The molecule has 1 N–H and O–H groups in total. The predicted octanol–water partition coefficient (Wildman–Crippen LogP) is 3.90. The molecule has 1 amide bonds. The van der Waals surface area contributed by atoms with E-state index < -0.39 is 0 Å². The van der Waals surface area contributed by atoms with Crippen molar-refractivity contribution in [3.05, 3.63) is 35.1 Å². The highest BCUT2D eigenvalue weighted by Gasteiger charge is 2.13. The van der Waals surface area contributed by atoms with E-state index in [1.165, 1.54) is 11.1 Å². The number of furan rings is 1. The van der Waals surface area contributed by atoms with Gasteiger partial charge in [0, 0.05) is 17.0 Å². The minimum atomic E-state index is 0.0619. The van der Waals surface area contributed by atoms with Crippen LogP contribution in [0, 0.1) is 13.8 Å². The lowest BCUT2D eigenvalue weighted by Gasteiger charge is -2.12. The van der Waals surface area contributed by atoms with Gasteiger partial charge in [0.05, 0.1) is 12.7 Å². The van der Waals surface area contributed by atoms with Crippen LogP contribution in [0.15, 0.2) is 22.8 Å². The number of carbonyl (C=O) groups is 1. The van der Waals surface area contributed by atoms with Gasteiger partial charge in [0.15, 0.2) is 0 Å². The summed E-state index contributed by atoms with van der Waals surface area (Å²) in [7, 11) is 0. The molecule has 20 heavy (non-hydrogen) atoms. The van der Waals surface area contributed by atoms with Gasteiger partial charge in [0.1, 0.15) is 5.58 Å². The standard InChI is InChI=1S/C17H23NO2/c1-5-6-13(4)18-17(19)9-14-10-20-16-8-12(3)11(2)7-15(14)16/h7-8,10,13H,5-6,9H2,1-4H3,(H,18,19)/t13-/m0/s1. The Hall–Kier alpha value is -1.77. The topological polar surface area (TPSA) is 42.2 Å². The summed E-state index contributed by atoms with van der Waals surface area (Å²) in [4.78, 5) is 12.0. The molecular weight excluding hydrogens is 250 g/mol. The maximum absolute atomic E-state index is 12.0. The predicted molar refractivity (Wildman–Crippen MR) is 81.9 cm³/mol. The Morgan fingerprint density at radius 1 is 1.30 bits per heavy atom. The van der Waals surface area contributed by atoms with Crippen molar-refractivity contribution in [2.75, 3.05) is 0 Å². The monoisotopic (exact) mass is 273 g/mol. The van der Waals surface area contributed by atoms with Gasteiger partial charge in [0.2, 0.25) is 5.91 Å². The molecule has 0 spiro atoms. The van der Waals surface area contributed by atoms with Crippen LogP contribution in [0.5, 0.6) is 0 Å². The summed E-state index contributed by atoms with van der Waals surface area (Å²) in [5.74, 6) is 0.0619.